The third kappa shape index (κ3) is 2.73. The molecule has 1 aliphatic rings. The van der Waals surface area contributed by atoms with Gasteiger partial charge in [-0.25, -0.2) is 0 Å². The molecule has 0 aliphatic carbocycles. The minimum Gasteiger partial charge on any atom is -0.326 e. The van der Waals surface area contributed by atoms with E-state index in [9.17, 15) is 0 Å². The van der Waals surface area contributed by atoms with E-state index in [4.69, 9.17) is 5.73 Å². The Labute approximate surface area is 75.3 Å². The van der Waals surface area contributed by atoms with Gasteiger partial charge in [-0.1, -0.05) is 0 Å². The average Bonchev–Trinajstić information content (AvgIpc) is 2.06. The van der Waals surface area contributed by atoms with Crippen LogP contribution in [0, 0.1) is 5.92 Å². The largest absolute Gasteiger partial charge is 0.326 e. The highest BCUT2D eigenvalue weighted by atomic mass is 15.1. The zero-order valence-corrected chi connectivity index (χ0v) is 8.21. The van der Waals surface area contributed by atoms with Crippen molar-refractivity contribution in [3.63, 3.8) is 0 Å². The number of hydrogen-bond donors (Lipinski definition) is 2. The van der Waals surface area contributed by atoms with Crippen LogP contribution in [0.15, 0.2) is 0 Å². The Morgan fingerprint density at radius 3 is 2.58 bits per heavy atom. The second kappa shape index (κ2) is 4.80. The van der Waals surface area contributed by atoms with Crippen molar-refractivity contribution in [1.29, 1.82) is 0 Å². The van der Waals surface area contributed by atoms with Crippen LogP contribution >= 0.6 is 0 Å². The van der Waals surface area contributed by atoms with Crippen molar-refractivity contribution in [3.05, 3.63) is 0 Å². The van der Waals surface area contributed by atoms with E-state index in [0.717, 1.165) is 12.5 Å². The van der Waals surface area contributed by atoms with Crippen molar-refractivity contribution in [2.75, 3.05) is 33.7 Å². The molecule has 0 bridgehead atoms. The molecular formula is C9H21N3. The zero-order valence-electron chi connectivity index (χ0n) is 8.21. The second-order valence-corrected chi connectivity index (χ2v) is 3.86. The fourth-order valence-corrected chi connectivity index (χ4v) is 1.86. The van der Waals surface area contributed by atoms with Crippen molar-refractivity contribution < 1.29 is 0 Å². The maximum atomic E-state index is 6.02. The molecule has 0 spiro atoms. The van der Waals surface area contributed by atoms with Crippen LogP contribution in [0.5, 0.6) is 0 Å². The van der Waals surface area contributed by atoms with Gasteiger partial charge in [-0.15, -0.1) is 0 Å². The van der Waals surface area contributed by atoms with Crippen LogP contribution in [0.3, 0.4) is 0 Å². The Bertz CT molecular complexity index is 119. The average molecular weight is 171 g/mol. The number of piperidine rings is 1. The summed E-state index contributed by atoms with van der Waals surface area (Å²) >= 11 is 0. The Morgan fingerprint density at radius 1 is 1.50 bits per heavy atom. The molecule has 1 fully saturated rings. The summed E-state index contributed by atoms with van der Waals surface area (Å²) in [6.07, 6.45) is 2.53. The first kappa shape index (κ1) is 9.96. The van der Waals surface area contributed by atoms with E-state index in [1.54, 1.807) is 0 Å². The molecular weight excluding hydrogens is 150 g/mol. The molecule has 3 heteroatoms. The molecule has 3 nitrogen and oxygen atoms in total. The topological polar surface area (TPSA) is 41.3 Å². The van der Waals surface area contributed by atoms with Gasteiger partial charge in [-0.2, -0.15) is 0 Å². The first-order chi connectivity index (χ1) is 5.74. The summed E-state index contributed by atoms with van der Waals surface area (Å²) in [5.74, 6) is 0.730. The molecule has 0 amide bonds. The summed E-state index contributed by atoms with van der Waals surface area (Å²) in [4.78, 5) is 2.38. The minimum atomic E-state index is 0.351. The van der Waals surface area contributed by atoms with Crippen LogP contribution in [-0.2, 0) is 0 Å². The van der Waals surface area contributed by atoms with E-state index in [2.05, 4.69) is 17.3 Å². The number of rotatable bonds is 3. The summed E-state index contributed by atoms with van der Waals surface area (Å²) in [7, 11) is 4.15. The van der Waals surface area contributed by atoms with Gasteiger partial charge in [0.1, 0.15) is 0 Å². The van der Waals surface area contributed by atoms with Crippen LogP contribution in [-0.4, -0.2) is 44.7 Å². The van der Waals surface area contributed by atoms with Gasteiger partial charge in [0.05, 0.1) is 0 Å². The molecule has 0 radical (unpaired) electrons. The molecule has 1 heterocycles. The molecule has 1 rings (SSSR count). The van der Waals surface area contributed by atoms with Crippen molar-refractivity contribution >= 4 is 0 Å². The standard InChI is InChI=1S/C9H21N3/c1-11-7-9(10)8-3-5-12(2)6-4-8/h8-9,11H,3-7,10H2,1-2H3. The lowest BCUT2D eigenvalue weighted by Gasteiger charge is -2.32. The molecule has 72 valence electrons. The molecule has 0 saturated carbocycles. The number of likely N-dealkylation sites (N-methyl/N-ethyl adjacent to an activating group) is 1. The Balaban J connectivity index is 2.24. The monoisotopic (exact) mass is 171 g/mol. The van der Waals surface area contributed by atoms with Gasteiger partial charge in [0.25, 0.3) is 0 Å². The van der Waals surface area contributed by atoms with E-state index < -0.39 is 0 Å². The van der Waals surface area contributed by atoms with Crippen molar-refractivity contribution in [1.82, 2.24) is 10.2 Å². The van der Waals surface area contributed by atoms with Gasteiger partial charge in [0.15, 0.2) is 0 Å². The summed E-state index contributed by atoms with van der Waals surface area (Å²) in [5, 5.41) is 3.14. The van der Waals surface area contributed by atoms with Gasteiger partial charge in [-0.05, 0) is 45.9 Å². The van der Waals surface area contributed by atoms with Gasteiger partial charge < -0.3 is 16.0 Å². The number of nitrogens with two attached hydrogens (primary N) is 1. The van der Waals surface area contributed by atoms with Gasteiger partial charge >= 0.3 is 0 Å². The lowest BCUT2D eigenvalue weighted by atomic mass is 9.90. The van der Waals surface area contributed by atoms with E-state index in [1.165, 1.54) is 25.9 Å². The summed E-state index contributed by atoms with van der Waals surface area (Å²) < 4.78 is 0. The first-order valence-electron chi connectivity index (χ1n) is 4.82. The minimum absolute atomic E-state index is 0.351. The van der Waals surface area contributed by atoms with Gasteiger partial charge in [-0.3, -0.25) is 0 Å². The second-order valence-electron chi connectivity index (χ2n) is 3.86. The summed E-state index contributed by atoms with van der Waals surface area (Å²) in [5.41, 5.74) is 6.02. The lowest BCUT2D eigenvalue weighted by molar-refractivity contribution is 0.198. The normalized spacial score (nSPS) is 24.2. The fourth-order valence-electron chi connectivity index (χ4n) is 1.86. The van der Waals surface area contributed by atoms with E-state index in [0.29, 0.717) is 6.04 Å². The van der Waals surface area contributed by atoms with Crippen molar-refractivity contribution in [2.24, 2.45) is 11.7 Å². The van der Waals surface area contributed by atoms with Crippen LogP contribution < -0.4 is 11.1 Å². The molecule has 0 aromatic carbocycles. The Hall–Kier alpha value is -0.120. The maximum absolute atomic E-state index is 6.02. The number of nitrogens with zero attached hydrogens (tertiary/aromatic N) is 1. The third-order valence-corrected chi connectivity index (χ3v) is 2.81. The predicted octanol–water partition coefficient (Wildman–Crippen LogP) is -0.125. The maximum Gasteiger partial charge on any atom is 0.0194 e. The molecule has 1 atom stereocenters. The van der Waals surface area contributed by atoms with Gasteiger partial charge in [0, 0.05) is 12.6 Å². The highest BCUT2D eigenvalue weighted by Gasteiger charge is 2.21. The predicted molar refractivity (Wildman–Crippen MR) is 52.1 cm³/mol. The molecule has 0 aromatic heterocycles. The Morgan fingerprint density at radius 2 is 2.08 bits per heavy atom. The quantitative estimate of drug-likeness (QED) is 0.622. The Kier molecular flexibility index (Phi) is 3.98. The summed E-state index contributed by atoms with van der Waals surface area (Å²) in [6.45, 7) is 3.37. The van der Waals surface area contributed by atoms with Crippen LogP contribution in [0.25, 0.3) is 0 Å². The SMILES string of the molecule is CNCC(N)C1CCN(C)CC1. The number of nitrogens with one attached hydrogen (secondary N) is 1. The van der Waals surface area contributed by atoms with Crippen LogP contribution in [0.2, 0.25) is 0 Å². The molecule has 3 N–H and O–H groups in total. The summed E-state index contributed by atoms with van der Waals surface area (Å²) in [6, 6.07) is 0.351. The molecule has 1 unspecified atom stereocenters. The molecule has 1 aliphatic heterocycles. The van der Waals surface area contributed by atoms with Crippen LogP contribution in [0.1, 0.15) is 12.8 Å². The smallest absolute Gasteiger partial charge is 0.0194 e. The molecule has 12 heavy (non-hydrogen) atoms. The van der Waals surface area contributed by atoms with Gasteiger partial charge in [0.2, 0.25) is 0 Å². The molecule has 0 aromatic rings. The number of likely N-dealkylation sites (tertiary alicyclic amines) is 1. The van der Waals surface area contributed by atoms with Crippen molar-refractivity contribution in [3.8, 4) is 0 Å². The fraction of sp³-hybridized carbons (Fsp3) is 1.00. The van der Waals surface area contributed by atoms with Crippen LogP contribution in [0.4, 0.5) is 0 Å². The third-order valence-electron chi connectivity index (χ3n) is 2.81. The lowest BCUT2D eigenvalue weighted by Crippen LogP contribution is -2.43. The molecule has 1 saturated heterocycles. The van der Waals surface area contributed by atoms with E-state index >= 15 is 0 Å². The van der Waals surface area contributed by atoms with E-state index in [-0.39, 0.29) is 0 Å². The first-order valence-corrected chi connectivity index (χ1v) is 4.82. The number of hydrogen-bond acceptors (Lipinski definition) is 3. The highest BCUT2D eigenvalue weighted by Crippen LogP contribution is 2.17. The zero-order chi connectivity index (χ0) is 8.97. The highest BCUT2D eigenvalue weighted by molar-refractivity contribution is 4.79. The van der Waals surface area contributed by atoms with E-state index in [1.807, 2.05) is 7.05 Å². The van der Waals surface area contributed by atoms with Crippen molar-refractivity contribution in [2.45, 2.75) is 18.9 Å².